The molecule has 0 aliphatic rings. The Bertz CT molecular complexity index is 127. The minimum absolute atomic E-state index is 0.236. The van der Waals surface area contributed by atoms with Crippen LogP contribution < -0.4 is 5.73 Å². The summed E-state index contributed by atoms with van der Waals surface area (Å²) < 4.78 is 4.65. The predicted molar refractivity (Wildman–Crippen MR) is 41.1 cm³/mol. The summed E-state index contributed by atoms with van der Waals surface area (Å²) in [6.45, 7) is 3.63. The molecule has 4 heteroatoms. The van der Waals surface area contributed by atoms with Crippen molar-refractivity contribution in [3.8, 4) is 0 Å². The van der Waals surface area contributed by atoms with E-state index in [9.17, 15) is 4.79 Å². The van der Waals surface area contributed by atoms with Crippen molar-refractivity contribution in [3.05, 3.63) is 12.7 Å². The molecule has 0 amide bonds. The third-order valence-corrected chi connectivity index (χ3v) is 1.67. The Labute approximate surface area is 68.4 Å². The summed E-state index contributed by atoms with van der Waals surface area (Å²) in [4.78, 5) is 10.7. The molecule has 0 aromatic rings. The van der Waals surface area contributed by atoms with Crippen LogP contribution in [0.3, 0.4) is 0 Å². The molecule has 0 fully saturated rings. The summed E-state index contributed by atoms with van der Waals surface area (Å²) >= 11 is 2.24. The molecule has 3 nitrogen and oxygen atoms in total. The van der Waals surface area contributed by atoms with Gasteiger partial charge in [0.2, 0.25) is 0 Å². The fourth-order valence-corrected chi connectivity index (χ4v) is 0.635. The van der Waals surface area contributed by atoms with Gasteiger partial charge in [-0.05, 0) is 0 Å². The number of carbonyl (C=O) groups is 1. The van der Waals surface area contributed by atoms with Gasteiger partial charge >= 0.3 is 67.9 Å². The Hall–Kier alpha value is -0.311. The first kappa shape index (κ1) is 9.69. The van der Waals surface area contributed by atoms with Gasteiger partial charge in [-0.15, -0.1) is 0 Å². The molecule has 1 unspecified atom stereocenters. The Morgan fingerprint density at radius 1 is 1.90 bits per heavy atom. The van der Waals surface area contributed by atoms with Crippen molar-refractivity contribution < 1.29 is 9.53 Å². The van der Waals surface area contributed by atoms with Crippen LogP contribution in [-0.2, 0) is 9.53 Å². The monoisotopic (exact) mass is 209 g/mol. The van der Waals surface area contributed by atoms with E-state index < -0.39 is 6.04 Å². The van der Waals surface area contributed by atoms with Crippen molar-refractivity contribution in [1.82, 2.24) is 0 Å². The van der Waals surface area contributed by atoms with Crippen LogP contribution in [-0.4, -0.2) is 34.6 Å². The molecular weight excluding hydrogens is 197 g/mol. The second-order valence-electron chi connectivity index (χ2n) is 1.71. The Balaban J connectivity index is 3.51. The fraction of sp³-hybridized carbons (Fsp3) is 0.500. The van der Waals surface area contributed by atoms with Crippen LogP contribution in [0.4, 0.5) is 0 Å². The molecule has 0 heterocycles. The van der Waals surface area contributed by atoms with Crippen molar-refractivity contribution in [3.63, 3.8) is 0 Å². The van der Waals surface area contributed by atoms with Gasteiger partial charge in [0, 0.05) is 0 Å². The molecule has 0 spiro atoms. The molecule has 0 radical (unpaired) electrons. The van der Waals surface area contributed by atoms with E-state index in [1.165, 1.54) is 6.08 Å². The van der Waals surface area contributed by atoms with E-state index in [0.29, 0.717) is 5.32 Å². The molecule has 10 heavy (non-hydrogen) atoms. The zero-order valence-electron chi connectivity index (χ0n) is 5.62. The Morgan fingerprint density at radius 2 is 2.50 bits per heavy atom. The average Bonchev–Trinajstić information content (AvgIpc) is 1.98. The van der Waals surface area contributed by atoms with Crippen LogP contribution in [0, 0.1) is 0 Å². The van der Waals surface area contributed by atoms with Gasteiger partial charge in [0.15, 0.2) is 0 Å². The second kappa shape index (κ2) is 5.47. The van der Waals surface area contributed by atoms with E-state index in [1.807, 2.05) is 0 Å². The maximum absolute atomic E-state index is 10.7. The summed E-state index contributed by atoms with van der Waals surface area (Å²) in [5.74, 6) is -0.375. The quantitative estimate of drug-likeness (QED) is 0.380. The summed E-state index contributed by atoms with van der Waals surface area (Å²) in [5.41, 5.74) is 5.33. The Kier molecular flexibility index (Phi) is 5.30. The molecule has 0 aliphatic heterocycles. The minimum atomic E-state index is -0.514. The number of hydrogen-bond acceptors (Lipinski definition) is 3. The molecule has 58 valence electrons. The molecule has 0 bridgehead atoms. The van der Waals surface area contributed by atoms with Gasteiger partial charge in [0.05, 0.1) is 0 Å². The van der Waals surface area contributed by atoms with Crippen molar-refractivity contribution >= 4 is 22.0 Å². The molecule has 1 atom stereocenters. The van der Waals surface area contributed by atoms with E-state index in [1.54, 1.807) is 0 Å². The summed E-state index contributed by atoms with van der Waals surface area (Å²) in [5, 5.41) is 0.545. The average molecular weight is 208 g/mol. The molecule has 0 rings (SSSR count). The first-order valence-electron chi connectivity index (χ1n) is 2.86. The molecule has 0 aromatic carbocycles. The molecule has 0 saturated carbocycles. The van der Waals surface area contributed by atoms with Gasteiger partial charge < -0.3 is 0 Å². The third-order valence-electron chi connectivity index (χ3n) is 0.843. The van der Waals surface area contributed by atoms with Crippen LogP contribution in [0.15, 0.2) is 12.7 Å². The van der Waals surface area contributed by atoms with Crippen molar-refractivity contribution in [1.29, 1.82) is 0 Å². The van der Waals surface area contributed by atoms with Gasteiger partial charge in [0.25, 0.3) is 0 Å². The number of ether oxygens (including phenoxy) is 1. The number of esters is 1. The summed E-state index contributed by atoms with van der Waals surface area (Å²) in [7, 11) is 0. The summed E-state index contributed by atoms with van der Waals surface area (Å²) in [6.07, 6.45) is 1.51. The molecular formula is C6H11NO2Se. The maximum atomic E-state index is 10.7. The number of nitrogens with two attached hydrogens (primary N) is 1. The number of carbonyl (C=O) groups excluding carboxylic acids is 1. The summed E-state index contributed by atoms with van der Waals surface area (Å²) in [6, 6.07) is -0.514. The molecule has 0 aliphatic carbocycles. The fourth-order valence-electron chi connectivity index (χ4n) is 0.323. The van der Waals surface area contributed by atoms with Crippen LogP contribution >= 0.6 is 0 Å². The molecule has 0 aromatic heterocycles. The second-order valence-corrected chi connectivity index (χ2v) is 2.47. The van der Waals surface area contributed by atoms with E-state index in [2.05, 4.69) is 27.3 Å². The van der Waals surface area contributed by atoms with Gasteiger partial charge in [-0.25, -0.2) is 0 Å². The normalized spacial score (nSPS) is 12.2. The molecule has 0 saturated heterocycles. The van der Waals surface area contributed by atoms with E-state index in [-0.39, 0.29) is 12.6 Å². The first-order chi connectivity index (χ1) is 4.72. The van der Waals surface area contributed by atoms with Gasteiger partial charge in [-0.3, -0.25) is 0 Å². The zero-order chi connectivity index (χ0) is 7.98. The zero-order valence-corrected chi connectivity index (χ0v) is 7.49. The third kappa shape index (κ3) is 3.67. The standard InChI is InChI=1S/C6H11NO2Se/c1-2-3-9-6(8)5(7)4-10/h2,5,10H,1,3-4,7H2. The van der Waals surface area contributed by atoms with E-state index >= 15 is 0 Å². The van der Waals surface area contributed by atoms with Crippen LogP contribution in [0.25, 0.3) is 0 Å². The van der Waals surface area contributed by atoms with Gasteiger partial charge in [-0.1, -0.05) is 0 Å². The number of rotatable bonds is 4. The first-order valence-corrected chi connectivity index (χ1v) is 4.19. The van der Waals surface area contributed by atoms with Gasteiger partial charge in [-0.2, -0.15) is 0 Å². The van der Waals surface area contributed by atoms with Crippen LogP contribution in [0.2, 0.25) is 5.32 Å². The van der Waals surface area contributed by atoms with E-state index in [0.717, 1.165) is 0 Å². The van der Waals surface area contributed by atoms with Crippen molar-refractivity contribution in [2.24, 2.45) is 5.73 Å². The SMILES string of the molecule is C=CCOC(=O)C(N)C[SeH]. The number of hydrogen-bond donors (Lipinski definition) is 1. The van der Waals surface area contributed by atoms with Crippen molar-refractivity contribution in [2.45, 2.75) is 11.4 Å². The van der Waals surface area contributed by atoms with Crippen LogP contribution in [0.1, 0.15) is 0 Å². The topological polar surface area (TPSA) is 52.3 Å². The Morgan fingerprint density at radius 3 is 2.90 bits per heavy atom. The van der Waals surface area contributed by atoms with E-state index in [4.69, 9.17) is 5.73 Å². The molecule has 2 N–H and O–H groups in total. The van der Waals surface area contributed by atoms with Gasteiger partial charge in [0.1, 0.15) is 0 Å². The predicted octanol–water partition coefficient (Wildman–Crippen LogP) is -0.638. The van der Waals surface area contributed by atoms with Crippen molar-refractivity contribution in [2.75, 3.05) is 6.61 Å². The van der Waals surface area contributed by atoms with Crippen LogP contribution in [0.5, 0.6) is 0 Å².